The van der Waals surface area contributed by atoms with E-state index in [0.717, 1.165) is 23.6 Å². The van der Waals surface area contributed by atoms with Gasteiger partial charge in [0.2, 0.25) is 0 Å². The normalized spacial score (nSPS) is 11.7. The van der Waals surface area contributed by atoms with Crippen LogP contribution < -0.4 is 5.32 Å². The Balaban J connectivity index is 2.19. The summed E-state index contributed by atoms with van der Waals surface area (Å²) in [6.45, 7) is 9.20. The Kier molecular flexibility index (Phi) is 4.04. The molecule has 0 radical (unpaired) electrons. The minimum absolute atomic E-state index is 0.0333. The number of nitrogens with one attached hydrogen (secondary N) is 1. The molecule has 20 heavy (non-hydrogen) atoms. The fourth-order valence-corrected chi connectivity index (χ4v) is 2.40. The SMILES string of the molecule is Cc1nc(Cl)ccc1NCc1cn(C)nc1C(C)(C)C. The predicted molar refractivity (Wildman–Crippen MR) is 83.2 cm³/mol. The van der Waals surface area contributed by atoms with Crippen LogP contribution in [0.15, 0.2) is 18.3 Å². The number of hydrogen-bond acceptors (Lipinski definition) is 3. The molecule has 0 aromatic carbocycles. The lowest BCUT2D eigenvalue weighted by Crippen LogP contribution is -2.16. The summed E-state index contributed by atoms with van der Waals surface area (Å²) in [4.78, 5) is 4.24. The molecule has 0 unspecified atom stereocenters. The zero-order chi connectivity index (χ0) is 14.9. The molecule has 1 N–H and O–H groups in total. The van der Waals surface area contributed by atoms with Crippen molar-refractivity contribution >= 4 is 17.3 Å². The molecule has 0 spiro atoms. The third-order valence-electron chi connectivity index (χ3n) is 3.14. The summed E-state index contributed by atoms with van der Waals surface area (Å²) in [5.41, 5.74) is 4.25. The predicted octanol–water partition coefficient (Wildman–Crippen LogP) is 3.69. The molecule has 5 heteroatoms. The van der Waals surface area contributed by atoms with Gasteiger partial charge in [-0.15, -0.1) is 0 Å². The highest BCUT2D eigenvalue weighted by Crippen LogP contribution is 2.25. The van der Waals surface area contributed by atoms with Crippen LogP contribution in [0.3, 0.4) is 0 Å². The minimum Gasteiger partial charge on any atom is -0.379 e. The monoisotopic (exact) mass is 292 g/mol. The molecule has 2 heterocycles. The first-order valence-corrected chi connectivity index (χ1v) is 7.05. The van der Waals surface area contributed by atoms with Gasteiger partial charge in [0.15, 0.2) is 0 Å². The van der Waals surface area contributed by atoms with Gasteiger partial charge in [-0.1, -0.05) is 32.4 Å². The Bertz CT molecular complexity index is 611. The van der Waals surface area contributed by atoms with E-state index in [1.807, 2.05) is 24.7 Å². The highest BCUT2D eigenvalue weighted by Gasteiger charge is 2.21. The van der Waals surface area contributed by atoms with E-state index in [0.29, 0.717) is 5.15 Å². The summed E-state index contributed by atoms with van der Waals surface area (Å²) >= 11 is 5.87. The number of aromatic nitrogens is 3. The van der Waals surface area contributed by atoms with Crippen LogP contribution in [0, 0.1) is 6.92 Å². The first kappa shape index (κ1) is 14.9. The largest absolute Gasteiger partial charge is 0.379 e. The maximum absolute atomic E-state index is 5.87. The summed E-state index contributed by atoms with van der Waals surface area (Å²) in [5, 5.41) is 8.50. The number of aryl methyl sites for hydroxylation is 2. The van der Waals surface area contributed by atoms with Crippen LogP contribution >= 0.6 is 11.6 Å². The van der Waals surface area contributed by atoms with Gasteiger partial charge in [-0.3, -0.25) is 4.68 Å². The Hall–Kier alpha value is -1.55. The summed E-state index contributed by atoms with van der Waals surface area (Å²) in [6, 6.07) is 3.75. The molecule has 0 aliphatic carbocycles. The van der Waals surface area contributed by atoms with Crippen molar-refractivity contribution in [2.45, 2.75) is 39.7 Å². The Morgan fingerprint density at radius 2 is 2.00 bits per heavy atom. The Morgan fingerprint density at radius 3 is 2.60 bits per heavy atom. The van der Waals surface area contributed by atoms with E-state index in [2.05, 4.69) is 42.4 Å². The smallest absolute Gasteiger partial charge is 0.129 e. The molecular formula is C15H21ClN4. The second-order valence-corrected chi connectivity index (χ2v) is 6.43. The van der Waals surface area contributed by atoms with Crippen molar-refractivity contribution in [1.29, 1.82) is 0 Å². The quantitative estimate of drug-likeness (QED) is 0.878. The first-order chi connectivity index (χ1) is 9.27. The fourth-order valence-electron chi connectivity index (χ4n) is 2.21. The molecule has 0 amide bonds. The zero-order valence-electron chi connectivity index (χ0n) is 12.7. The fraction of sp³-hybridized carbons (Fsp3) is 0.467. The van der Waals surface area contributed by atoms with Gasteiger partial charge in [0.05, 0.1) is 17.1 Å². The molecule has 4 nitrogen and oxygen atoms in total. The van der Waals surface area contributed by atoms with Crippen LogP contribution in [0.2, 0.25) is 5.15 Å². The molecule has 0 aliphatic heterocycles. The van der Waals surface area contributed by atoms with E-state index >= 15 is 0 Å². The number of nitrogens with zero attached hydrogens (tertiary/aromatic N) is 3. The molecule has 0 atom stereocenters. The summed E-state index contributed by atoms with van der Waals surface area (Å²) in [6.07, 6.45) is 2.06. The third-order valence-corrected chi connectivity index (χ3v) is 3.35. The van der Waals surface area contributed by atoms with Crippen molar-refractivity contribution in [3.63, 3.8) is 0 Å². The van der Waals surface area contributed by atoms with Crippen LogP contribution in [-0.2, 0) is 19.0 Å². The molecule has 2 rings (SSSR count). The van der Waals surface area contributed by atoms with E-state index in [-0.39, 0.29) is 5.41 Å². The third kappa shape index (κ3) is 3.31. The number of rotatable bonds is 3. The molecule has 2 aromatic rings. The van der Waals surface area contributed by atoms with Crippen LogP contribution in [0.5, 0.6) is 0 Å². The van der Waals surface area contributed by atoms with Crippen LogP contribution in [0.25, 0.3) is 0 Å². The van der Waals surface area contributed by atoms with Gasteiger partial charge < -0.3 is 5.32 Å². The molecular weight excluding hydrogens is 272 g/mol. The van der Waals surface area contributed by atoms with Crippen molar-refractivity contribution in [3.8, 4) is 0 Å². The minimum atomic E-state index is 0.0333. The maximum Gasteiger partial charge on any atom is 0.129 e. The first-order valence-electron chi connectivity index (χ1n) is 6.67. The topological polar surface area (TPSA) is 42.7 Å². The van der Waals surface area contributed by atoms with Gasteiger partial charge >= 0.3 is 0 Å². The molecule has 0 bridgehead atoms. The molecule has 0 aliphatic rings. The lowest BCUT2D eigenvalue weighted by molar-refractivity contribution is 0.549. The zero-order valence-corrected chi connectivity index (χ0v) is 13.4. The average Bonchev–Trinajstić information content (AvgIpc) is 2.69. The molecule has 108 valence electrons. The number of pyridine rings is 1. The van der Waals surface area contributed by atoms with Crippen molar-refractivity contribution < 1.29 is 0 Å². The summed E-state index contributed by atoms with van der Waals surface area (Å²) in [7, 11) is 1.95. The summed E-state index contributed by atoms with van der Waals surface area (Å²) in [5.74, 6) is 0. The number of halogens is 1. The van der Waals surface area contributed by atoms with E-state index in [9.17, 15) is 0 Å². The lowest BCUT2D eigenvalue weighted by atomic mass is 9.89. The van der Waals surface area contributed by atoms with Gasteiger partial charge in [-0.2, -0.15) is 5.10 Å². The number of anilines is 1. The van der Waals surface area contributed by atoms with E-state index in [1.54, 1.807) is 6.07 Å². The van der Waals surface area contributed by atoms with Crippen LogP contribution in [-0.4, -0.2) is 14.8 Å². The second kappa shape index (κ2) is 5.44. The molecule has 0 saturated carbocycles. The van der Waals surface area contributed by atoms with E-state index in [1.165, 1.54) is 5.56 Å². The highest BCUT2D eigenvalue weighted by molar-refractivity contribution is 6.29. The Morgan fingerprint density at radius 1 is 1.30 bits per heavy atom. The average molecular weight is 293 g/mol. The van der Waals surface area contributed by atoms with Gasteiger partial charge in [-0.05, 0) is 19.1 Å². The van der Waals surface area contributed by atoms with Gasteiger partial charge in [0.1, 0.15) is 5.15 Å². The van der Waals surface area contributed by atoms with Gasteiger partial charge in [-0.25, -0.2) is 4.98 Å². The Labute approximate surface area is 125 Å². The van der Waals surface area contributed by atoms with Gasteiger partial charge in [0.25, 0.3) is 0 Å². The number of hydrogen-bond donors (Lipinski definition) is 1. The van der Waals surface area contributed by atoms with Crippen molar-refractivity contribution in [2.24, 2.45) is 7.05 Å². The van der Waals surface area contributed by atoms with Crippen LogP contribution in [0.4, 0.5) is 5.69 Å². The lowest BCUT2D eigenvalue weighted by Gasteiger charge is -2.18. The van der Waals surface area contributed by atoms with Crippen molar-refractivity contribution in [3.05, 3.63) is 40.4 Å². The van der Waals surface area contributed by atoms with E-state index in [4.69, 9.17) is 11.6 Å². The molecule has 2 aromatic heterocycles. The van der Waals surface area contributed by atoms with E-state index < -0.39 is 0 Å². The highest BCUT2D eigenvalue weighted by atomic mass is 35.5. The maximum atomic E-state index is 5.87. The van der Waals surface area contributed by atoms with Crippen LogP contribution in [0.1, 0.15) is 37.7 Å². The summed E-state index contributed by atoms with van der Waals surface area (Å²) < 4.78 is 1.87. The van der Waals surface area contributed by atoms with Gasteiger partial charge in [0, 0.05) is 30.8 Å². The standard InChI is InChI=1S/C15H21ClN4/c1-10-12(6-7-13(16)18-10)17-8-11-9-20(5)19-14(11)15(2,3)4/h6-7,9,17H,8H2,1-5H3. The van der Waals surface area contributed by atoms with Crippen molar-refractivity contribution in [2.75, 3.05) is 5.32 Å². The van der Waals surface area contributed by atoms with Crippen molar-refractivity contribution in [1.82, 2.24) is 14.8 Å². The molecule has 0 fully saturated rings. The second-order valence-electron chi connectivity index (χ2n) is 6.05. The molecule has 0 saturated heterocycles.